The molecule has 0 saturated heterocycles. The lowest BCUT2D eigenvalue weighted by atomic mass is 10.1. The normalized spacial score (nSPS) is 11.5. The Morgan fingerprint density at radius 1 is 1.19 bits per heavy atom. The zero-order valence-electron chi connectivity index (χ0n) is 15.1. The number of carbonyl (C=O) groups excluding carboxylic acids is 1. The molecule has 1 N–H and O–H groups in total. The number of non-ortho nitro benzene ring substituents is 1. The van der Waals surface area contributed by atoms with Crippen LogP contribution in [0.3, 0.4) is 0 Å². The standard InChI is InChI=1S/C17H18ClN3O5S/c1-10-7-13(27(25,26)20(3)4)9-16(11(10)2)19-17(22)14-6-5-12(21(23)24)8-15(14)18/h5-9H,1-4H3,(H,19,22). The number of benzene rings is 2. The van der Waals surface area contributed by atoms with Crippen LogP contribution in [0.1, 0.15) is 21.5 Å². The van der Waals surface area contributed by atoms with Gasteiger partial charge in [-0.15, -0.1) is 0 Å². The van der Waals surface area contributed by atoms with Gasteiger partial charge in [0.2, 0.25) is 10.0 Å². The summed E-state index contributed by atoms with van der Waals surface area (Å²) in [4.78, 5) is 22.8. The first-order chi connectivity index (χ1) is 12.4. The lowest BCUT2D eigenvalue weighted by Gasteiger charge is -2.16. The lowest BCUT2D eigenvalue weighted by Crippen LogP contribution is -2.23. The van der Waals surface area contributed by atoms with Gasteiger partial charge in [-0.25, -0.2) is 12.7 Å². The molecule has 27 heavy (non-hydrogen) atoms. The van der Waals surface area contributed by atoms with E-state index in [0.29, 0.717) is 16.8 Å². The van der Waals surface area contributed by atoms with Gasteiger partial charge in [-0.3, -0.25) is 14.9 Å². The number of hydrogen-bond donors (Lipinski definition) is 1. The summed E-state index contributed by atoms with van der Waals surface area (Å²) in [7, 11) is -0.849. The van der Waals surface area contributed by atoms with E-state index < -0.39 is 20.9 Å². The molecule has 0 aromatic heterocycles. The number of nitro groups is 1. The molecule has 0 spiro atoms. The van der Waals surface area contributed by atoms with E-state index >= 15 is 0 Å². The van der Waals surface area contributed by atoms with Crippen LogP contribution < -0.4 is 5.32 Å². The lowest BCUT2D eigenvalue weighted by molar-refractivity contribution is -0.384. The van der Waals surface area contributed by atoms with E-state index in [0.717, 1.165) is 10.4 Å². The smallest absolute Gasteiger partial charge is 0.270 e. The number of carbonyl (C=O) groups is 1. The summed E-state index contributed by atoms with van der Waals surface area (Å²) in [6, 6.07) is 6.40. The fourth-order valence-corrected chi connectivity index (χ4v) is 3.58. The van der Waals surface area contributed by atoms with Gasteiger partial charge in [-0.2, -0.15) is 0 Å². The topological polar surface area (TPSA) is 110 Å². The predicted octanol–water partition coefficient (Wildman–Crippen LogP) is 3.37. The maximum atomic E-state index is 12.5. The van der Waals surface area contributed by atoms with Gasteiger partial charge in [0.15, 0.2) is 0 Å². The monoisotopic (exact) mass is 411 g/mol. The fourth-order valence-electron chi connectivity index (χ4n) is 2.31. The summed E-state index contributed by atoms with van der Waals surface area (Å²) in [6.07, 6.45) is 0. The number of anilines is 1. The third-order valence-electron chi connectivity index (χ3n) is 4.08. The first-order valence-corrected chi connectivity index (χ1v) is 9.56. The molecule has 0 saturated carbocycles. The van der Waals surface area contributed by atoms with Crippen LogP contribution >= 0.6 is 11.6 Å². The molecule has 0 aliphatic rings. The van der Waals surface area contributed by atoms with Crippen LogP contribution in [0.4, 0.5) is 11.4 Å². The second-order valence-electron chi connectivity index (χ2n) is 6.08. The number of aryl methyl sites for hydroxylation is 1. The molecule has 0 aliphatic heterocycles. The molecule has 2 rings (SSSR count). The van der Waals surface area contributed by atoms with Crippen molar-refractivity contribution in [1.29, 1.82) is 0 Å². The average molecular weight is 412 g/mol. The van der Waals surface area contributed by atoms with E-state index in [1.54, 1.807) is 13.8 Å². The molecule has 0 aliphatic carbocycles. The molecular formula is C17H18ClN3O5S. The average Bonchev–Trinajstić information content (AvgIpc) is 2.58. The Labute approximate surface area is 162 Å². The van der Waals surface area contributed by atoms with Crippen LogP contribution in [0, 0.1) is 24.0 Å². The number of halogens is 1. The number of amides is 1. The highest BCUT2D eigenvalue weighted by Gasteiger charge is 2.21. The van der Waals surface area contributed by atoms with E-state index in [1.165, 1.54) is 38.4 Å². The number of nitrogens with zero attached hydrogens (tertiary/aromatic N) is 2. The van der Waals surface area contributed by atoms with Gasteiger partial charge in [0, 0.05) is 31.9 Å². The number of nitrogens with one attached hydrogen (secondary N) is 1. The SMILES string of the molecule is Cc1cc(S(=O)(=O)N(C)C)cc(NC(=O)c2ccc([N+](=O)[O-])cc2Cl)c1C. The summed E-state index contributed by atoms with van der Waals surface area (Å²) in [5.41, 5.74) is 1.50. The second kappa shape index (κ2) is 7.63. The summed E-state index contributed by atoms with van der Waals surface area (Å²) in [5.74, 6) is -0.600. The van der Waals surface area contributed by atoms with Crippen LogP contribution in [-0.4, -0.2) is 37.6 Å². The summed E-state index contributed by atoms with van der Waals surface area (Å²) in [5, 5.41) is 13.3. The molecule has 10 heteroatoms. The Balaban J connectivity index is 2.44. The Bertz CT molecular complexity index is 1040. The van der Waals surface area contributed by atoms with Gasteiger partial charge in [0.05, 0.1) is 20.4 Å². The first kappa shape index (κ1) is 20.8. The van der Waals surface area contributed by atoms with Crippen LogP contribution in [0.2, 0.25) is 5.02 Å². The van der Waals surface area contributed by atoms with E-state index in [-0.39, 0.29) is 21.2 Å². The number of sulfonamides is 1. The van der Waals surface area contributed by atoms with E-state index in [1.807, 2.05) is 0 Å². The van der Waals surface area contributed by atoms with Crippen molar-refractivity contribution in [1.82, 2.24) is 4.31 Å². The highest BCUT2D eigenvalue weighted by Crippen LogP contribution is 2.28. The minimum Gasteiger partial charge on any atom is -0.322 e. The maximum Gasteiger partial charge on any atom is 0.270 e. The first-order valence-electron chi connectivity index (χ1n) is 7.74. The van der Waals surface area contributed by atoms with Crippen molar-refractivity contribution in [3.05, 3.63) is 62.2 Å². The van der Waals surface area contributed by atoms with Crippen molar-refractivity contribution in [2.45, 2.75) is 18.7 Å². The molecule has 1 amide bonds. The Morgan fingerprint density at radius 3 is 2.33 bits per heavy atom. The van der Waals surface area contributed by atoms with Gasteiger partial charge in [0.1, 0.15) is 0 Å². The molecule has 8 nitrogen and oxygen atoms in total. The molecule has 0 heterocycles. The zero-order valence-corrected chi connectivity index (χ0v) is 16.7. The number of hydrogen-bond acceptors (Lipinski definition) is 5. The van der Waals surface area contributed by atoms with Crippen molar-refractivity contribution < 1.29 is 18.1 Å². The molecule has 0 atom stereocenters. The molecule has 0 bridgehead atoms. The molecule has 0 fully saturated rings. The Hall–Kier alpha value is -2.49. The van der Waals surface area contributed by atoms with Gasteiger partial charge in [0.25, 0.3) is 11.6 Å². The third-order valence-corrected chi connectivity index (χ3v) is 6.18. The van der Waals surface area contributed by atoms with Crippen molar-refractivity contribution >= 4 is 38.9 Å². The van der Waals surface area contributed by atoms with Crippen LogP contribution in [0.15, 0.2) is 35.2 Å². The van der Waals surface area contributed by atoms with E-state index in [9.17, 15) is 23.3 Å². The Morgan fingerprint density at radius 2 is 1.81 bits per heavy atom. The summed E-state index contributed by atoms with van der Waals surface area (Å²) < 4.78 is 25.9. The highest BCUT2D eigenvalue weighted by atomic mass is 35.5. The quantitative estimate of drug-likeness (QED) is 0.599. The molecule has 0 radical (unpaired) electrons. The van der Waals surface area contributed by atoms with Crippen molar-refractivity contribution in [3.8, 4) is 0 Å². The summed E-state index contributed by atoms with van der Waals surface area (Å²) >= 11 is 5.98. The minimum atomic E-state index is -3.68. The second-order valence-corrected chi connectivity index (χ2v) is 8.63. The molecule has 144 valence electrons. The van der Waals surface area contributed by atoms with Gasteiger partial charge in [-0.05, 0) is 43.2 Å². The largest absolute Gasteiger partial charge is 0.322 e. The van der Waals surface area contributed by atoms with Crippen molar-refractivity contribution in [2.75, 3.05) is 19.4 Å². The molecule has 2 aromatic carbocycles. The van der Waals surface area contributed by atoms with Crippen molar-refractivity contribution in [2.24, 2.45) is 0 Å². The van der Waals surface area contributed by atoms with Crippen LogP contribution in [0.25, 0.3) is 0 Å². The van der Waals surface area contributed by atoms with Gasteiger partial charge in [-0.1, -0.05) is 11.6 Å². The molecule has 0 unspecified atom stereocenters. The zero-order chi connectivity index (χ0) is 20.5. The highest BCUT2D eigenvalue weighted by molar-refractivity contribution is 7.89. The maximum absolute atomic E-state index is 12.5. The molecule has 2 aromatic rings. The predicted molar refractivity (Wildman–Crippen MR) is 103 cm³/mol. The summed E-state index contributed by atoms with van der Waals surface area (Å²) in [6.45, 7) is 3.48. The van der Waals surface area contributed by atoms with Gasteiger partial charge < -0.3 is 5.32 Å². The number of rotatable bonds is 5. The van der Waals surface area contributed by atoms with E-state index in [2.05, 4.69) is 5.32 Å². The Kier molecular flexibility index (Phi) is 5.88. The van der Waals surface area contributed by atoms with Gasteiger partial charge >= 0.3 is 0 Å². The van der Waals surface area contributed by atoms with Crippen LogP contribution in [-0.2, 0) is 10.0 Å². The number of nitro benzene ring substituents is 1. The van der Waals surface area contributed by atoms with Crippen molar-refractivity contribution in [3.63, 3.8) is 0 Å². The molecular weight excluding hydrogens is 394 g/mol. The van der Waals surface area contributed by atoms with E-state index in [4.69, 9.17) is 11.6 Å². The minimum absolute atomic E-state index is 0.0418. The van der Waals surface area contributed by atoms with Crippen LogP contribution in [0.5, 0.6) is 0 Å². The fraction of sp³-hybridized carbons (Fsp3) is 0.235. The third kappa shape index (κ3) is 4.26.